The predicted molar refractivity (Wildman–Crippen MR) is 90.6 cm³/mol. The molecule has 2 heteroatoms. The van der Waals surface area contributed by atoms with Crippen LogP contribution in [-0.4, -0.2) is 24.0 Å². The van der Waals surface area contributed by atoms with E-state index in [9.17, 15) is 0 Å². The SMILES string of the molecule is CC1CCCC(Nc2cccc(CN3CCCC3)c2)CC1. The summed E-state index contributed by atoms with van der Waals surface area (Å²) in [6, 6.07) is 9.78. The Kier molecular flexibility index (Phi) is 5.18. The quantitative estimate of drug-likeness (QED) is 0.810. The van der Waals surface area contributed by atoms with Crippen molar-refractivity contribution in [1.29, 1.82) is 0 Å². The summed E-state index contributed by atoms with van der Waals surface area (Å²) in [4.78, 5) is 2.58. The minimum Gasteiger partial charge on any atom is -0.382 e. The van der Waals surface area contributed by atoms with Gasteiger partial charge in [-0.2, -0.15) is 0 Å². The topological polar surface area (TPSA) is 15.3 Å². The lowest BCUT2D eigenvalue weighted by atomic mass is 10.0. The van der Waals surface area contributed by atoms with Crippen molar-refractivity contribution >= 4 is 5.69 Å². The summed E-state index contributed by atoms with van der Waals surface area (Å²) in [5.41, 5.74) is 2.79. The number of likely N-dealkylation sites (tertiary alicyclic amines) is 1. The zero-order valence-corrected chi connectivity index (χ0v) is 13.5. The lowest BCUT2D eigenvalue weighted by Crippen LogP contribution is -2.20. The summed E-state index contributed by atoms with van der Waals surface area (Å²) < 4.78 is 0. The molecule has 0 radical (unpaired) electrons. The number of hydrogen-bond donors (Lipinski definition) is 1. The third-order valence-corrected chi connectivity index (χ3v) is 5.16. The van der Waals surface area contributed by atoms with Crippen LogP contribution in [0, 0.1) is 5.92 Å². The predicted octanol–water partition coefficient (Wildman–Crippen LogP) is 4.66. The molecule has 0 bridgehead atoms. The Bertz CT molecular complexity index is 437. The van der Waals surface area contributed by atoms with Gasteiger partial charge in [0.15, 0.2) is 0 Å². The molecule has 2 aliphatic rings. The number of nitrogens with one attached hydrogen (secondary N) is 1. The van der Waals surface area contributed by atoms with E-state index >= 15 is 0 Å². The number of nitrogens with zero attached hydrogens (tertiary/aromatic N) is 1. The standard InChI is InChI=1S/C19H30N2/c1-16-6-4-8-18(11-10-16)20-19-9-5-7-17(14-19)15-21-12-2-3-13-21/h5,7,9,14,16,18,20H,2-4,6,8,10-13,15H2,1H3. The zero-order chi connectivity index (χ0) is 14.5. The van der Waals surface area contributed by atoms with Gasteiger partial charge >= 0.3 is 0 Å². The summed E-state index contributed by atoms with van der Waals surface area (Å²) in [6.45, 7) is 6.08. The van der Waals surface area contributed by atoms with Crippen LogP contribution in [0.1, 0.15) is 57.4 Å². The van der Waals surface area contributed by atoms with Gasteiger partial charge in [0.25, 0.3) is 0 Å². The Hall–Kier alpha value is -1.02. The van der Waals surface area contributed by atoms with Crippen LogP contribution < -0.4 is 5.32 Å². The molecule has 1 saturated carbocycles. The Labute approximate surface area is 129 Å². The molecule has 0 aromatic heterocycles. The lowest BCUT2D eigenvalue weighted by molar-refractivity contribution is 0.331. The fourth-order valence-corrected chi connectivity index (χ4v) is 3.83. The smallest absolute Gasteiger partial charge is 0.0345 e. The molecular formula is C19H30N2. The summed E-state index contributed by atoms with van der Waals surface area (Å²) in [5.74, 6) is 0.915. The summed E-state index contributed by atoms with van der Waals surface area (Å²) in [5, 5.41) is 3.79. The van der Waals surface area contributed by atoms with Crippen LogP contribution in [0.3, 0.4) is 0 Å². The molecule has 2 unspecified atom stereocenters. The Morgan fingerprint density at radius 2 is 1.90 bits per heavy atom. The highest BCUT2D eigenvalue weighted by molar-refractivity contribution is 5.46. The lowest BCUT2D eigenvalue weighted by Gasteiger charge is -2.19. The molecule has 0 amide bonds. The van der Waals surface area contributed by atoms with Crippen molar-refractivity contribution in [1.82, 2.24) is 4.90 Å². The van der Waals surface area contributed by atoms with E-state index in [-0.39, 0.29) is 0 Å². The highest BCUT2D eigenvalue weighted by atomic mass is 15.1. The Morgan fingerprint density at radius 3 is 2.76 bits per heavy atom. The maximum absolute atomic E-state index is 3.79. The van der Waals surface area contributed by atoms with Crippen LogP contribution in [-0.2, 0) is 6.54 Å². The van der Waals surface area contributed by atoms with Crippen LogP contribution >= 0.6 is 0 Å². The molecule has 2 nitrogen and oxygen atoms in total. The van der Waals surface area contributed by atoms with E-state index in [0.717, 1.165) is 12.5 Å². The van der Waals surface area contributed by atoms with Gasteiger partial charge in [0.05, 0.1) is 0 Å². The molecular weight excluding hydrogens is 256 g/mol. The normalized spacial score (nSPS) is 27.5. The van der Waals surface area contributed by atoms with Crippen molar-refractivity contribution in [2.75, 3.05) is 18.4 Å². The molecule has 3 rings (SSSR count). The molecule has 1 saturated heterocycles. The molecule has 116 valence electrons. The second kappa shape index (κ2) is 7.31. The first-order chi connectivity index (χ1) is 10.3. The van der Waals surface area contributed by atoms with Gasteiger partial charge in [-0.25, -0.2) is 0 Å². The van der Waals surface area contributed by atoms with E-state index < -0.39 is 0 Å². The molecule has 1 aliphatic carbocycles. The second-order valence-electron chi connectivity index (χ2n) is 7.14. The van der Waals surface area contributed by atoms with E-state index in [0.29, 0.717) is 6.04 Å². The maximum atomic E-state index is 3.79. The Balaban J connectivity index is 1.57. The van der Waals surface area contributed by atoms with Gasteiger partial charge in [-0.3, -0.25) is 4.90 Å². The first kappa shape index (κ1) is 14.9. The van der Waals surface area contributed by atoms with Crippen molar-refractivity contribution < 1.29 is 0 Å². The maximum Gasteiger partial charge on any atom is 0.0345 e. The average molecular weight is 286 g/mol. The van der Waals surface area contributed by atoms with Crippen LogP contribution in [0.15, 0.2) is 24.3 Å². The molecule has 1 aliphatic heterocycles. The number of rotatable bonds is 4. The molecule has 1 aromatic rings. The first-order valence-corrected chi connectivity index (χ1v) is 8.87. The fraction of sp³-hybridized carbons (Fsp3) is 0.684. The highest BCUT2D eigenvalue weighted by Crippen LogP contribution is 2.25. The number of benzene rings is 1. The molecule has 2 atom stereocenters. The van der Waals surface area contributed by atoms with Crippen molar-refractivity contribution in [2.24, 2.45) is 5.92 Å². The third kappa shape index (κ3) is 4.47. The Morgan fingerprint density at radius 1 is 1.05 bits per heavy atom. The van der Waals surface area contributed by atoms with Crippen molar-refractivity contribution in [3.8, 4) is 0 Å². The van der Waals surface area contributed by atoms with Crippen LogP contribution in [0.2, 0.25) is 0 Å². The van der Waals surface area contributed by atoms with E-state index in [1.807, 2.05) is 0 Å². The minimum atomic E-state index is 0.678. The van der Waals surface area contributed by atoms with Crippen molar-refractivity contribution in [3.05, 3.63) is 29.8 Å². The molecule has 0 spiro atoms. The largest absolute Gasteiger partial charge is 0.382 e. The summed E-state index contributed by atoms with van der Waals surface area (Å²) in [6.07, 6.45) is 9.58. The first-order valence-electron chi connectivity index (χ1n) is 8.87. The molecule has 1 aromatic carbocycles. The molecule has 2 fully saturated rings. The van der Waals surface area contributed by atoms with E-state index in [4.69, 9.17) is 0 Å². The number of hydrogen-bond acceptors (Lipinski definition) is 2. The van der Waals surface area contributed by atoms with Gasteiger partial charge in [-0.05, 0) is 68.8 Å². The molecule has 1 N–H and O–H groups in total. The van der Waals surface area contributed by atoms with Gasteiger partial charge < -0.3 is 5.32 Å². The van der Waals surface area contributed by atoms with Gasteiger partial charge in [-0.1, -0.05) is 31.9 Å². The highest BCUT2D eigenvalue weighted by Gasteiger charge is 2.16. The van der Waals surface area contributed by atoms with Gasteiger partial charge in [0.1, 0.15) is 0 Å². The van der Waals surface area contributed by atoms with E-state index in [1.165, 1.54) is 69.3 Å². The zero-order valence-electron chi connectivity index (χ0n) is 13.5. The van der Waals surface area contributed by atoms with Crippen LogP contribution in [0.4, 0.5) is 5.69 Å². The summed E-state index contributed by atoms with van der Waals surface area (Å²) >= 11 is 0. The average Bonchev–Trinajstić information content (AvgIpc) is 2.89. The van der Waals surface area contributed by atoms with Gasteiger partial charge in [-0.15, -0.1) is 0 Å². The molecule has 21 heavy (non-hydrogen) atoms. The number of anilines is 1. The van der Waals surface area contributed by atoms with Crippen LogP contribution in [0.25, 0.3) is 0 Å². The minimum absolute atomic E-state index is 0.678. The molecule has 1 heterocycles. The van der Waals surface area contributed by atoms with Gasteiger partial charge in [0.2, 0.25) is 0 Å². The van der Waals surface area contributed by atoms with E-state index in [1.54, 1.807) is 0 Å². The van der Waals surface area contributed by atoms with Gasteiger partial charge in [0, 0.05) is 18.3 Å². The second-order valence-corrected chi connectivity index (χ2v) is 7.14. The van der Waals surface area contributed by atoms with Crippen molar-refractivity contribution in [2.45, 2.75) is 64.5 Å². The van der Waals surface area contributed by atoms with Crippen molar-refractivity contribution in [3.63, 3.8) is 0 Å². The van der Waals surface area contributed by atoms with E-state index in [2.05, 4.69) is 41.4 Å². The third-order valence-electron chi connectivity index (χ3n) is 5.16. The fourth-order valence-electron chi connectivity index (χ4n) is 3.83. The van der Waals surface area contributed by atoms with Crippen LogP contribution in [0.5, 0.6) is 0 Å². The monoisotopic (exact) mass is 286 g/mol. The summed E-state index contributed by atoms with van der Waals surface area (Å²) in [7, 11) is 0.